The number of aliphatic hydroxyl groups is 5. The van der Waals surface area contributed by atoms with Crippen molar-refractivity contribution in [2.45, 2.75) is 62.2 Å². The standard InChI is InChI=1S/C15H28O10/c1-6-7(4-16)23-14(10(19)9(6)18)25-12-8(5-17)24-15(22-3)13(21-2)11(12)20/h6-20H,4-5H2,1-3H3. The molecular weight excluding hydrogens is 340 g/mol. The fraction of sp³-hybridized carbons (Fsp3) is 1.00. The van der Waals surface area contributed by atoms with E-state index in [0.717, 1.165) is 0 Å². The predicted molar refractivity (Wildman–Crippen MR) is 81.4 cm³/mol. The number of methoxy groups -OCH3 is 2. The number of hydrogen-bond donors (Lipinski definition) is 5. The zero-order chi connectivity index (χ0) is 18.7. The number of hydrogen-bond acceptors (Lipinski definition) is 10. The third kappa shape index (κ3) is 4.14. The summed E-state index contributed by atoms with van der Waals surface area (Å²) in [6.45, 7) is 0.776. The minimum atomic E-state index is -1.40. The van der Waals surface area contributed by atoms with Crippen molar-refractivity contribution in [1.82, 2.24) is 0 Å². The minimum absolute atomic E-state index is 0.371. The average Bonchev–Trinajstić information content (AvgIpc) is 2.62. The maximum atomic E-state index is 10.5. The van der Waals surface area contributed by atoms with Crippen LogP contribution in [0.25, 0.3) is 0 Å². The summed E-state index contributed by atoms with van der Waals surface area (Å²) in [5, 5.41) is 49.7. The summed E-state index contributed by atoms with van der Waals surface area (Å²) in [6, 6.07) is 0. The Hall–Kier alpha value is -0.400. The summed E-state index contributed by atoms with van der Waals surface area (Å²) in [7, 11) is 2.73. The van der Waals surface area contributed by atoms with Gasteiger partial charge in [-0.1, -0.05) is 6.92 Å². The molecule has 2 aliphatic rings. The van der Waals surface area contributed by atoms with Crippen LogP contribution in [0.5, 0.6) is 0 Å². The number of rotatable bonds is 6. The molecule has 10 unspecified atom stereocenters. The summed E-state index contributed by atoms with van der Waals surface area (Å²) in [6.07, 6.45) is -9.78. The summed E-state index contributed by atoms with van der Waals surface area (Å²) >= 11 is 0. The van der Waals surface area contributed by atoms with Gasteiger partial charge < -0.3 is 49.2 Å². The predicted octanol–water partition coefficient (Wildman–Crippen LogP) is -2.81. The molecule has 0 bridgehead atoms. The third-order valence-corrected chi connectivity index (χ3v) is 4.84. The molecule has 25 heavy (non-hydrogen) atoms. The average molecular weight is 368 g/mol. The normalized spacial score (nSPS) is 48.5. The van der Waals surface area contributed by atoms with Crippen molar-refractivity contribution < 1.29 is 49.2 Å². The van der Waals surface area contributed by atoms with E-state index in [-0.39, 0.29) is 6.61 Å². The van der Waals surface area contributed by atoms with Gasteiger partial charge in [0.1, 0.15) is 30.5 Å². The molecule has 148 valence electrons. The summed E-state index contributed by atoms with van der Waals surface area (Å²) in [5.74, 6) is -0.509. The van der Waals surface area contributed by atoms with Gasteiger partial charge in [-0.05, 0) is 0 Å². The summed E-state index contributed by atoms with van der Waals surface area (Å²) in [4.78, 5) is 0. The largest absolute Gasteiger partial charge is 0.394 e. The second-order valence-corrected chi connectivity index (χ2v) is 6.32. The molecular formula is C15H28O10. The Labute approximate surface area is 145 Å². The van der Waals surface area contributed by atoms with Gasteiger partial charge in [-0.2, -0.15) is 0 Å². The molecule has 10 heteroatoms. The lowest BCUT2D eigenvalue weighted by Gasteiger charge is -2.46. The SMILES string of the molecule is COC1OC(CO)C(OC2OC(CO)C(C)C(O)C2O)C(O)C1OC. The van der Waals surface area contributed by atoms with Crippen LogP contribution in [-0.2, 0) is 23.7 Å². The molecule has 0 amide bonds. The smallest absolute Gasteiger partial charge is 0.187 e. The van der Waals surface area contributed by atoms with Gasteiger partial charge in [-0.3, -0.25) is 0 Å². The molecule has 0 saturated carbocycles. The highest BCUT2D eigenvalue weighted by Gasteiger charge is 2.50. The summed E-state index contributed by atoms with van der Waals surface area (Å²) in [5.41, 5.74) is 0. The minimum Gasteiger partial charge on any atom is -0.394 e. The molecule has 2 saturated heterocycles. The van der Waals surface area contributed by atoms with Crippen LogP contribution in [0.2, 0.25) is 0 Å². The molecule has 2 rings (SSSR count). The molecule has 10 atom stereocenters. The Kier molecular flexibility index (Phi) is 7.52. The van der Waals surface area contributed by atoms with Gasteiger partial charge in [-0.25, -0.2) is 0 Å². The van der Waals surface area contributed by atoms with Crippen LogP contribution in [0.4, 0.5) is 0 Å². The van der Waals surface area contributed by atoms with Crippen LogP contribution in [-0.4, -0.2) is 108 Å². The Morgan fingerprint density at radius 1 is 0.760 bits per heavy atom. The van der Waals surface area contributed by atoms with Crippen LogP contribution < -0.4 is 0 Å². The van der Waals surface area contributed by atoms with Crippen LogP contribution in [0.15, 0.2) is 0 Å². The van der Waals surface area contributed by atoms with Gasteiger partial charge in [-0.15, -0.1) is 0 Å². The second-order valence-electron chi connectivity index (χ2n) is 6.32. The third-order valence-electron chi connectivity index (χ3n) is 4.84. The Bertz CT molecular complexity index is 408. The van der Waals surface area contributed by atoms with Crippen molar-refractivity contribution in [2.75, 3.05) is 27.4 Å². The highest BCUT2D eigenvalue weighted by Crippen LogP contribution is 2.31. The number of ether oxygens (including phenoxy) is 5. The van der Waals surface area contributed by atoms with Gasteiger partial charge in [0.2, 0.25) is 0 Å². The molecule has 2 heterocycles. The summed E-state index contributed by atoms with van der Waals surface area (Å²) < 4.78 is 26.9. The monoisotopic (exact) mass is 368 g/mol. The van der Waals surface area contributed by atoms with Crippen LogP contribution in [0.3, 0.4) is 0 Å². The Morgan fingerprint density at radius 3 is 1.88 bits per heavy atom. The van der Waals surface area contributed by atoms with Crippen molar-refractivity contribution in [3.63, 3.8) is 0 Å². The van der Waals surface area contributed by atoms with Crippen molar-refractivity contribution in [1.29, 1.82) is 0 Å². The van der Waals surface area contributed by atoms with E-state index in [1.165, 1.54) is 14.2 Å². The van der Waals surface area contributed by atoms with E-state index in [0.29, 0.717) is 0 Å². The molecule has 0 radical (unpaired) electrons. The van der Waals surface area contributed by atoms with Crippen LogP contribution in [0, 0.1) is 5.92 Å². The Morgan fingerprint density at radius 2 is 1.36 bits per heavy atom. The van der Waals surface area contributed by atoms with E-state index in [2.05, 4.69) is 0 Å². The quantitative estimate of drug-likeness (QED) is 0.333. The first-order valence-electron chi connectivity index (χ1n) is 8.17. The van der Waals surface area contributed by atoms with Crippen molar-refractivity contribution >= 4 is 0 Å². The van der Waals surface area contributed by atoms with Gasteiger partial charge in [0.25, 0.3) is 0 Å². The second kappa shape index (κ2) is 9.00. The highest BCUT2D eigenvalue weighted by molar-refractivity contribution is 4.93. The van der Waals surface area contributed by atoms with Crippen molar-refractivity contribution in [2.24, 2.45) is 5.92 Å². The molecule has 5 N–H and O–H groups in total. The molecule has 0 spiro atoms. The topological polar surface area (TPSA) is 147 Å². The number of aliphatic hydroxyl groups excluding tert-OH is 5. The van der Waals surface area contributed by atoms with E-state index < -0.39 is 67.8 Å². The van der Waals surface area contributed by atoms with Crippen molar-refractivity contribution in [3.05, 3.63) is 0 Å². The lowest BCUT2D eigenvalue weighted by Crippen LogP contribution is -2.63. The van der Waals surface area contributed by atoms with E-state index >= 15 is 0 Å². The molecule has 0 aromatic heterocycles. The van der Waals surface area contributed by atoms with Gasteiger partial charge in [0.05, 0.1) is 25.4 Å². The maximum absolute atomic E-state index is 10.5. The first-order chi connectivity index (χ1) is 11.9. The maximum Gasteiger partial charge on any atom is 0.187 e. The molecule has 0 aromatic carbocycles. The molecule has 0 aliphatic carbocycles. The first-order valence-corrected chi connectivity index (χ1v) is 8.17. The molecule has 2 fully saturated rings. The molecule has 10 nitrogen and oxygen atoms in total. The first kappa shape index (κ1) is 20.9. The van der Waals surface area contributed by atoms with Crippen molar-refractivity contribution in [3.8, 4) is 0 Å². The molecule has 2 aliphatic heterocycles. The van der Waals surface area contributed by atoms with Gasteiger partial charge >= 0.3 is 0 Å². The van der Waals surface area contributed by atoms with Gasteiger partial charge in [0.15, 0.2) is 12.6 Å². The van der Waals surface area contributed by atoms with E-state index in [1.807, 2.05) is 0 Å². The lowest BCUT2D eigenvalue weighted by atomic mass is 9.91. The highest BCUT2D eigenvalue weighted by atomic mass is 16.7. The van der Waals surface area contributed by atoms with Gasteiger partial charge in [0, 0.05) is 20.1 Å². The fourth-order valence-electron chi connectivity index (χ4n) is 3.20. The van der Waals surface area contributed by atoms with Crippen LogP contribution >= 0.6 is 0 Å². The van der Waals surface area contributed by atoms with E-state index in [9.17, 15) is 25.5 Å². The van der Waals surface area contributed by atoms with E-state index in [4.69, 9.17) is 23.7 Å². The van der Waals surface area contributed by atoms with Crippen LogP contribution in [0.1, 0.15) is 6.92 Å². The zero-order valence-corrected chi connectivity index (χ0v) is 14.5. The van der Waals surface area contributed by atoms with E-state index in [1.54, 1.807) is 6.92 Å². The zero-order valence-electron chi connectivity index (χ0n) is 14.5. The fourth-order valence-corrected chi connectivity index (χ4v) is 3.20. The molecule has 0 aromatic rings. The lowest BCUT2D eigenvalue weighted by molar-refractivity contribution is -0.355. The Balaban J connectivity index is 2.15.